The average molecular weight is 156 g/mol. The maximum Gasteiger partial charge on any atom is 0.0543 e. The Hall–Kier alpha value is -0.300. The standard InChI is InChI=1S/C10H20O/c1-3-5-7-9-10(11)8-6-4-2/h3,5,10-11H,4,6-9H2,1-2H3. The number of rotatable bonds is 6. The molecule has 0 heterocycles. The molecule has 1 heteroatoms. The van der Waals surface area contributed by atoms with Crippen LogP contribution in [0.5, 0.6) is 0 Å². The normalized spacial score (nSPS) is 14.1. The Morgan fingerprint density at radius 1 is 1.36 bits per heavy atom. The van der Waals surface area contributed by atoms with Crippen LogP contribution in [0.25, 0.3) is 0 Å². The van der Waals surface area contributed by atoms with Crippen LogP contribution in [0.3, 0.4) is 0 Å². The van der Waals surface area contributed by atoms with Gasteiger partial charge in [-0.1, -0.05) is 31.9 Å². The Bertz CT molecular complexity index is 97.0. The third-order valence-corrected chi connectivity index (χ3v) is 1.79. The summed E-state index contributed by atoms with van der Waals surface area (Å²) in [4.78, 5) is 0. The molecule has 1 atom stereocenters. The first-order valence-electron chi connectivity index (χ1n) is 4.60. The molecule has 66 valence electrons. The van der Waals surface area contributed by atoms with Gasteiger partial charge in [-0.3, -0.25) is 0 Å². The number of hydrogen-bond acceptors (Lipinski definition) is 1. The summed E-state index contributed by atoms with van der Waals surface area (Å²) in [5, 5.41) is 9.37. The van der Waals surface area contributed by atoms with Gasteiger partial charge in [0.15, 0.2) is 0 Å². The van der Waals surface area contributed by atoms with Gasteiger partial charge in [0.25, 0.3) is 0 Å². The Morgan fingerprint density at radius 2 is 2.09 bits per heavy atom. The molecule has 0 spiro atoms. The van der Waals surface area contributed by atoms with Crippen molar-refractivity contribution in [3.63, 3.8) is 0 Å². The minimum atomic E-state index is -0.0776. The van der Waals surface area contributed by atoms with Gasteiger partial charge in [-0.15, -0.1) is 0 Å². The molecule has 1 unspecified atom stereocenters. The van der Waals surface area contributed by atoms with Crippen molar-refractivity contribution in [2.24, 2.45) is 0 Å². The molecule has 11 heavy (non-hydrogen) atoms. The van der Waals surface area contributed by atoms with Gasteiger partial charge in [0.05, 0.1) is 6.10 Å². The largest absolute Gasteiger partial charge is 0.393 e. The fourth-order valence-electron chi connectivity index (χ4n) is 1.04. The van der Waals surface area contributed by atoms with E-state index in [4.69, 9.17) is 0 Å². The zero-order chi connectivity index (χ0) is 8.53. The molecule has 0 aliphatic heterocycles. The van der Waals surface area contributed by atoms with Gasteiger partial charge >= 0.3 is 0 Å². The first-order chi connectivity index (χ1) is 5.31. The molecule has 0 radical (unpaired) electrons. The molecule has 1 nitrogen and oxygen atoms in total. The third kappa shape index (κ3) is 7.60. The summed E-state index contributed by atoms with van der Waals surface area (Å²) >= 11 is 0. The second-order valence-electron chi connectivity index (χ2n) is 2.94. The lowest BCUT2D eigenvalue weighted by molar-refractivity contribution is 0.153. The summed E-state index contributed by atoms with van der Waals surface area (Å²) in [7, 11) is 0. The lowest BCUT2D eigenvalue weighted by Gasteiger charge is -2.06. The lowest BCUT2D eigenvalue weighted by Crippen LogP contribution is -2.04. The lowest BCUT2D eigenvalue weighted by atomic mass is 10.1. The number of unbranched alkanes of at least 4 members (excludes halogenated alkanes) is 1. The molecule has 1 N–H and O–H groups in total. The zero-order valence-corrected chi connectivity index (χ0v) is 7.71. The first kappa shape index (κ1) is 10.7. The Balaban J connectivity index is 3.15. The van der Waals surface area contributed by atoms with Crippen molar-refractivity contribution in [1.29, 1.82) is 0 Å². The van der Waals surface area contributed by atoms with E-state index >= 15 is 0 Å². The summed E-state index contributed by atoms with van der Waals surface area (Å²) in [5.41, 5.74) is 0. The smallest absolute Gasteiger partial charge is 0.0543 e. The van der Waals surface area contributed by atoms with Crippen LogP contribution in [0.15, 0.2) is 12.2 Å². The minimum Gasteiger partial charge on any atom is -0.393 e. The van der Waals surface area contributed by atoms with E-state index in [9.17, 15) is 5.11 Å². The molecular weight excluding hydrogens is 136 g/mol. The zero-order valence-electron chi connectivity index (χ0n) is 7.71. The topological polar surface area (TPSA) is 20.2 Å². The summed E-state index contributed by atoms with van der Waals surface area (Å²) in [5.74, 6) is 0. The van der Waals surface area contributed by atoms with Gasteiger partial charge in [0.1, 0.15) is 0 Å². The maximum absolute atomic E-state index is 9.37. The molecule has 0 amide bonds. The van der Waals surface area contributed by atoms with Crippen LogP contribution >= 0.6 is 0 Å². The summed E-state index contributed by atoms with van der Waals surface area (Å²) in [6.07, 6.45) is 9.30. The summed E-state index contributed by atoms with van der Waals surface area (Å²) in [6.45, 7) is 4.16. The highest BCUT2D eigenvalue weighted by Crippen LogP contribution is 2.06. The second kappa shape index (κ2) is 7.80. The van der Waals surface area contributed by atoms with E-state index in [-0.39, 0.29) is 6.10 Å². The van der Waals surface area contributed by atoms with Gasteiger partial charge in [0.2, 0.25) is 0 Å². The SMILES string of the molecule is CC=CCCC(O)CCCC. The predicted molar refractivity (Wildman–Crippen MR) is 49.6 cm³/mol. The molecule has 0 aromatic heterocycles. The number of aliphatic hydroxyl groups excluding tert-OH is 1. The van der Waals surface area contributed by atoms with E-state index < -0.39 is 0 Å². The van der Waals surface area contributed by atoms with Crippen molar-refractivity contribution in [1.82, 2.24) is 0 Å². The van der Waals surface area contributed by atoms with Crippen LogP contribution in [-0.2, 0) is 0 Å². The van der Waals surface area contributed by atoms with Crippen LogP contribution in [-0.4, -0.2) is 11.2 Å². The molecule has 0 aliphatic carbocycles. The van der Waals surface area contributed by atoms with E-state index in [0.717, 1.165) is 25.7 Å². The van der Waals surface area contributed by atoms with Gasteiger partial charge < -0.3 is 5.11 Å². The van der Waals surface area contributed by atoms with Crippen LogP contribution in [0.4, 0.5) is 0 Å². The van der Waals surface area contributed by atoms with Crippen LogP contribution in [0.1, 0.15) is 46.0 Å². The van der Waals surface area contributed by atoms with Crippen molar-refractivity contribution in [3.8, 4) is 0 Å². The molecule has 0 aromatic carbocycles. The molecular formula is C10H20O. The first-order valence-corrected chi connectivity index (χ1v) is 4.60. The number of aliphatic hydroxyl groups is 1. The minimum absolute atomic E-state index is 0.0776. The van der Waals surface area contributed by atoms with Gasteiger partial charge in [-0.25, -0.2) is 0 Å². The molecule has 0 rings (SSSR count). The number of allylic oxidation sites excluding steroid dienone is 2. The van der Waals surface area contributed by atoms with Crippen LogP contribution in [0.2, 0.25) is 0 Å². The van der Waals surface area contributed by atoms with Gasteiger partial charge in [-0.2, -0.15) is 0 Å². The fraction of sp³-hybridized carbons (Fsp3) is 0.800. The predicted octanol–water partition coefficient (Wildman–Crippen LogP) is 2.89. The highest BCUT2D eigenvalue weighted by Gasteiger charge is 2.00. The molecule has 0 aromatic rings. The molecule has 0 saturated heterocycles. The monoisotopic (exact) mass is 156 g/mol. The van der Waals surface area contributed by atoms with Crippen molar-refractivity contribution >= 4 is 0 Å². The van der Waals surface area contributed by atoms with E-state index in [1.807, 2.05) is 13.0 Å². The molecule has 0 saturated carbocycles. The van der Waals surface area contributed by atoms with E-state index in [1.54, 1.807) is 0 Å². The molecule has 0 fully saturated rings. The summed E-state index contributed by atoms with van der Waals surface area (Å²) in [6, 6.07) is 0. The van der Waals surface area contributed by atoms with E-state index in [0.29, 0.717) is 0 Å². The fourth-order valence-corrected chi connectivity index (χ4v) is 1.04. The van der Waals surface area contributed by atoms with Crippen molar-refractivity contribution in [2.45, 2.75) is 52.1 Å². The van der Waals surface area contributed by atoms with Crippen LogP contribution < -0.4 is 0 Å². The number of hydrogen-bond donors (Lipinski definition) is 1. The van der Waals surface area contributed by atoms with Crippen LogP contribution in [0, 0.1) is 0 Å². The van der Waals surface area contributed by atoms with Crippen molar-refractivity contribution in [2.75, 3.05) is 0 Å². The molecule has 0 bridgehead atoms. The Morgan fingerprint density at radius 3 is 2.64 bits per heavy atom. The third-order valence-electron chi connectivity index (χ3n) is 1.79. The van der Waals surface area contributed by atoms with Gasteiger partial charge in [-0.05, 0) is 26.2 Å². The average Bonchev–Trinajstić information content (AvgIpc) is 2.01. The highest BCUT2D eigenvalue weighted by atomic mass is 16.3. The quantitative estimate of drug-likeness (QED) is 0.586. The Kier molecular flexibility index (Phi) is 7.59. The Labute approximate surface area is 70.1 Å². The second-order valence-corrected chi connectivity index (χ2v) is 2.94. The van der Waals surface area contributed by atoms with Crippen molar-refractivity contribution in [3.05, 3.63) is 12.2 Å². The highest BCUT2D eigenvalue weighted by molar-refractivity contribution is 4.77. The van der Waals surface area contributed by atoms with E-state index in [1.165, 1.54) is 6.42 Å². The van der Waals surface area contributed by atoms with Gasteiger partial charge in [0, 0.05) is 0 Å². The maximum atomic E-state index is 9.37. The molecule has 0 aliphatic rings. The summed E-state index contributed by atoms with van der Waals surface area (Å²) < 4.78 is 0. The van der Waals surface area contributed by atoms with Crippen molar-refractivity contribution < 1.29 is 5.11 Å². The van der Waals surface area contributed by atoms with E-state index in [2.05, 4.69) is 13.0 Å².